The fourth-order valence-electron chi connectivity index (χ4n) is 2.67. The van der Waals surface area contributed by atoms with E-state index in [2.05, 4.69) is 17.4 Å². The lowest BCUT2D eigenvalue weighted by molar-refractivity contribution is -0.200. The molecule has 0 radical (unpaired) electrons. The van der Waals surface area contributed by atoms with E-state index >= 15 is 0 Å². The van der Waals surface area contributed by atoms with Crippen LogP contribution in [0.3, 0.4) is 0 Å². The molecule has 22 heavy (non-hydrogen) atoms. The average molecular weight is 301 g/mol. The number of ether oxygens (including phenoxy) is 2. The van der Waals surface area contributed by atoms with Crippen LogP contribution in [0.15, 0.2) is 54.6 Å². The van der Waals surface area contributed by atoms with Crippen molar-refractivity contribution >= 4 is 0 Å². The van der Waals surface area contributed by atoms with Crippen LogP contribution in [0.4, 0.5) is 4.39 Å². The fourth-order valence-corrected chi connectivity index (χ4v) is 2.67. The van der Waals surface area contributed by atoms with Crippen molar-refractivity contribution in [1.82, 2.24) is 5.32 Å². The molecule has 1 aliphatic heterocycles. The second-order valence-electron chi connectivity index (χ2n) is 5.41. The van der Waals surface area contributed by atoms with Gasteiger partial charge in [-0.3, -0.25) is 0 Å². The molecule has 3 atom stereocenters. The molecule has 2 aromatic carbocycles. The lowest BCUT2D eigenvalue weighted by Gasteiger charge is -2.34. The normalized spacial score (nSPS) is 23.2. The van der Waals surface area contributed by atoms with Crippen LogP contribution in [-0.2, 0) is 9.47 Å². The number of hydrogen-bond donors (Lipinski definition) is 1. The summed E-state index contributed by atoms with van der Waals surface area (Å²) in [7, 11) is 0. The van der Waals surface area contributed by atoms with E-state index in [0.717, 1.165) is 17.7 Å². The first-order chi connectivity index (χ1) is 10.7. The minimum Gasteiger partial charge on any atom is -0.349 e. The van der Waals surface area contributed by atoms with Crippen LogP contribution in [-0.4, -0.2) is 19.4 Å². The summed E-state index contributed by atoms with van der Waals surface area (Å²) in [5, 5.41) is 3.43. The summed E-state index contributed by atoms with van der Waals surface area (Å²) in [6.45, 7) is 3.30. The van der Waals surface area contributed by atoms with E-state index in [1.54, 1.807) is 6.07 Å². The Morgan fingerprint density at radius 3 is 2.77 bits per heavy atom. The molecule has 1 saturated heterocycles. The minimum atomic E-state index is -0.394. The van der Waals surface area contributed by atoms with Crippen LogP contribution in [0.2, 0.25) is 0 Å². The second-order valence-corrected chi connectivity index (χ2v) is 5.41. The van der Waals surface area contributed by atoms with Crippen LogP contribution in [0.25, 0.3) is 0 Å². The third-order valence-corrected chi connectivity index (χ3v) is 3.84. The lowest BCUT2D eigenvalue weighted by atomic mass is 10.1. The number of hydrogen-bond acceptors (Lipinski definition) is 3. The maximum Gasteiger partial charge on any atom is 0.177 e. The van der Waals surface area contributed by atoms with Gasteiger partial charge in [0, 0.05) is 6.54 Å². The molecular weight excluding hydrogens is 281 g/mol. The summed E-state index contributed by atoms with van der Waals surface area (Å²) in [5.74, 6) is -0.254. The second kappa shape index (κ2) is 7.01. The summed E-state index contributed by atoms with van der Waals surface area (Å²) in [6.07, 6.45) is -0.638. The maximum atomic E-state index is 13.3. The average Bonchev–Trinajstić information content (AvgIpc) is 2.56. The van der Waals surface area contributed by atoms with Crippen molar-refractivity contribution in [3.63, 3.8) is 0 Å². The molecule has 116 valence electrons. The van der Waals surface area contributed by atoms with E-state index < -0.39 is 6.29 Å². The summed E-state index contributed by atoms with van der Waals surface area (Å²) in [4.78, 5) is 0. The van der Waals surface area contributed by atoms with Crippen LogP contribution >= 0.6 is 0 Å². The molecule has 0 saturated carbocycles. The van der Waals surface area contributed by atoms with Crippen molar-refractivity contribution in [2.24, 2.45) is 0 Å². The van der Waals surface area contributed by atoms with Crippen LogP contribution in [0.1, 0.15) is 30.2 Å². The molecule has 1 N–H and O–H groups in total. The molecule has 0 spiro atoms. The van der Waals surface area contributed by atoms with Gasteiger partial charge in [-0.2, -0.15) is 0 Å². The third-order valence-electron chi connectivity index (χ3n) is 3.84. The summed E-state index contributed by atoms with van der Waals surface area (Å²) < 4.78 is 25.2. The van der Waals surface area contributed by atoms with Gasteiger partial charge >= 0.3 is 0 Å². The zero-order valence-electron chi connectivity index (χ0n) is 12.5. The summed E-state index contributed by atoms with van der Waals surface area (Å²) in [6, 6.07) is 16.5. The predicted molar refractivity (Wildman–Crippen MR) is 82.8 cm³/mol. The van der Waals surface area contributed by atoms with Crippen LogP contribution < -0.4 is 5.32 Å². The molecule has 0 bridgehead atoms. The Balaban J connectivity index is 1.74. The quantitative estimate of drug-likeness (QED) is 0.936. The first-order valence-corrected chi connectivity index (χ1v) is 7.55. The smallest absolute Gasteiger partial charge is 0.177 e. The monoisotopic (exact) mass is 301 g/mol. The van der Waals surface area contributed by atoms with Gasteiger partial charge in [0.05, 0.1) is 18.8 Å². The van der Waals surface area contributed by atoms with E-state index in [1.165, 1.54) is 12.1 Å². The van der Waals surface area contributed by atoms with E-state index in [9.17, 15) is 4.39 Å². The fraction of sp³-hybridized carbons (Fsp3) is 0.333. The van der Waals surface area contributed by atoms with Gasteiger partial charge in [0.25, 0.3) is 0 Å². The van der Waals surface area contributed by atoms with E-state index in [0.29, 0.717) is 6.61 Å². The molecule has 2 aromatic rings. The van der Waals surface area contributed by atoms with Crippen molar-refractivity contribution in [2.45, 2.75) is 25.4 Å². The van der Waals surface area contributed by atoms with E-state index in [4.69, 9.17) is 9.47 Å². The SMILES string of the molecule is C[C@@H](OC1OCCNC1c1ccccc1)c1cccc(F)c1. The highest BCUT2D eigenvalue weighted by Crippen LogP contribution is 2.28. The zero-order valence-corrected chi connectivity index (χ0v) is 12.5. The molecule has 3 nitrogen and oxygen atoms in total. The largest absolute Gasteiger partial charge is 0.349 e. The van der Waals surface area contributed by atoms with Gasteiger partial charge in [-0.15, -0.1) is 0 Å². The summed E-state index contributed by atoms with van der Waals surface area (Å²) in [5.41, 5.74) is 1.93. The van der Waals surface area contributed by atoms with Crippen LogP contribution in [0, 0.1) is 5.82 Å². The Labute approximate surface area is 130 Å². The Morgan fingerprint density at radius 2 is 2.00 bits per heavy atom. The zero-order chi connectivity index (χ0) is 15.4. The number of benzene rings is 2. The van der Waals surface area contributed by atoms with Gasteiger partial charge in [0.2, 0.25) is 0 Å². The molecule has 0 amide bonds. The molecule has 1 heterocycles. The Hall–Kier alpha value is -1.75. The topological polar surface area (TPSA) is 30.5 Å². The number of rotatable bonds is 4. The van der Waals surface area contributed by atoms with Gasteiger partial charge in [-0.05, 0) is 30.2 Å². The Bertz CT molecular complexity index is 605. The van der Waals surface area contributed by atoms with Crippen molar-refractivity contribution < 1.29 is 13.9 Å². The first-order valence-electron chi connectivity index (χ1n) is 7.55. The Morgan fingerprint density at radius 1 is 1.18 bits per heavy atom. The number of morpholine rings is 1. The van der Waals surface area contributed by atoms with E-state index in [-0.39, 0.29) is 18.0 Å². The first kappa shape index (κ1) is 15.2. The van der Waals surface area contributed by atoms with Crippen molar-refractivity contribution in [3.8, 4) is 0 Å². The molecule has 4 heteroatoms. The lowest BCUT2D eigenvalue weighted by Crippen LogP contribution is -2.43. The van der Waals surface area contributed by atoms with Crippen LogP contribution in [0.5, 0.6) is 0 Å². The van der Waals surface area contributed by atoms with Crippen molar-refractivity contribution in [1.29, 1.82) is 0 Å². The van der Waals surface area contributed by atoms with Gasteiger partial charge in [0.15, 0.2) is 6.29 Å². The highest BCUT2D eigenvalue weighted by Gasteiger charge is 2.29. The molecule has 1 fully saturated rings. The van der Waals surface area contributed by atoms with Crippen molar-refractivity contribution in [3.05, 3.63) is 71.5 Å². The number of nitrogens with one attached hydrogen (secondary N) is 1. The molecular formula is C18H20FNO2. The van der Waals surface area contributed by atoms with E-state index in [1.807, 2.05) is 31.2 Å². The summed E-state index contributed by atoms with van der Waals surface area (Å²) >= 11 is 0. The highest BCUT2D eigenvalue weighted by molar-refractivity contribution is 5.21. The molecule has 0 aromatic heterocycles. The molecule has 3 rings (SSSR count). The predicted octanol–water partition coefficient (Wildman–Crippen LogP) is 3.59. The van der Waals surface area contributed by atoms with Gasteiger partial charge < -0.3 is 14.8 Å². The van der Waals surface area contributed by atoms with Gasteiger partial charge in [-0.25, -0.2) is 4.39 Å². The minimum absolute atomic E-state index is 0.0223. The van der Waals surface area contributed by atoms with Gasteiger partial charge in [0.1, 0.15) is 5.82 Å². The number of halogens is 1. The molecule has 0 aliphatic carbocycles. The molecule has 1 aliphatic rings. The van der Waals surface area contributed by atoms with Crippen molar-refractivity contribution in [2.75, 3.05) is 13.2 Å². The maximum absolute atomic E-state index is 13.3. The van der Waals surface area contributed by atoms with Gasteiger partial charge in [-0.1, -0.05) is 42.5 Å². The standard InChI is InChI=1S/C18H20FNO2/c1-13(15-8-5-9-16(19)12-15)22-18-17(20-10-11-21-18)14-6-3-2-4-7-14/h2-9,12-13,17-18,20H,10-11H2,1H3/t13-,17?,18?/m1/s1. The highest BCUT2D eigenvalue weighted by atomic mass is 19.1. The molecule has 2 unspecified atom stereocenters. The Kier molecular flexibility index (Phi) is 4.83. The third kappa shape index (κ3) is 3.53.